The van der Waals surface area contributed by atoms with Crippen LogP contribution in [0.25, 0.3) is 11.1 Å². The van der Waals surface area contributed by atoms with Gasteiger partial charge in [0.2, 0.25) is 0 Å². The molecule has 136 valence electrons. The quantitative estimate of drug-likeness (QED) is 0.433. The highest BCUT2D eigenvalue weighted by Crippen LogP contribution is 2.52. The van der Waals surface area contributed by atoms with Crippen molar-refractivity contribution in [2.24, 2.45) is 0 Å². The average molecular weight is 385 g/mol. The van der Waals surface area contributed by atoms with Crippen molar-refractivity contribution in [3.05, 3.63) is 119 Å². The summed E-state index contributed by atoms with van der Waals surface area (Å²) in [6, 6.07) is 31.0. The number of fused-ring (bicyclic) bond motifs is 2. The molecule has 0 fully saturated rings. The van der Waals surface area contributed by atoms with Crippen molar-refractivity contribution in [1.29, 1.82) is 0 Å². The molecule has 5 rings (SSSR count). The third kappa shape index (κ3) is 2.54. The fourth-order valence-electron chi connectivity index (χ4n) is 3.96. The lowest BCUT2D eigenvalue weighted by atomic mass is 9.75. The lowest BCUT2D eigenvalue weighted by molar-refractivity contribution is 0.113. The van der Waals surface area contributed by atoms with Crippen molar-refractivity contribution in [3.63, 3.8) is 0 Å². The van der Waals surface area contributed by atoms with Gasteiger partial charge >= 0.3 is 0 Å². The van der Waals surface area contributed by atoms with E-state index in [0.717, 1.165) is 16.7 Å². The molecule has 0 radical (unpaired) electrons. The molecule has 0 spiro atoms. The van der Waals surface area contributed by atoms with Crippen LogP contribution in [0.5, 0.6) is 11.5 Å². The molecule has 28 heavy (non-hydrogen) atoms. The van der Waals surface area contributed by atoms with Crippen LogP contribution in [0.3, 0.4) is 0 Å². The molecule has 3 heteroatoms. The highest BCUT2D eigenvalue weighted by Gasteiger charge is 2.43. The zero-order valence-electron chi connectivity index (χ0n) is 15.0. The summed E-state index contributed by atoms with van der Waals surface area (Å²) in [7, 11) is 0. The Kier molecular flexibility index (Phi) is 3.97. The fourth-order valence-corrected chi connectivity index (χ4v) is 4.12. The van der Waals surface area contributed by atoms with E-state index >= 15 is 0 Å². The summed E-state index contributed by atoms with van der Waals surface area (Å²) in [6.45, 7) is 0. The van der Waals surface area contributed by atoms with E-state index in [1.807, 2.05) is 72.8 Å². The van der Waals surface area contributed by atoms with Gasteiger partial charge < -0.3 is 9.84 Å². The third-order valence-corrected chi connectivity index (χ3v) is 5.47. The summed E-state index contributed by atoms with van der Waals surface area (Å²) >= 11 is 6.21. The number of hydrogen-bond donors (Lipinski definition) is 1. The molecule has 2 nitrogen and oxygen atoms in total. The molecular formula is C25H17ClO2. The van der Waals surface area contributed by atoms with Gasteiger partial charge in [-0.15, -0.1) is 0 Å². The highest BCUT2D eigenvalue weighted by atomic mass is 35.5. The van der Waals surface area contributed by atoms with Crippen LogP contribution in [0.15, 0.2) is 97.1 Å². The summed E-state index contributed by atoms with van der Waals surface area (Å²) in [5, 5.41) is 12.8. The minimum Gasteiger partial charge on any atom is -0.456 e. The Morgan fingerprint density at radius 3 is 2.11 bits per heavy atom. The Morgan fingerprint density at radius 2 is 1.29 bits per heavy atom. The van der Waals surface area contributed by atoms with Crippen molar-refractivity contribution in [2.75, 3.05) is 0 Å². The molecule has 0 bridgehead atoms. The van der Waals surface area contributed by atoms with Gasteiger partial charge in [0.1, 0.15) is 17.1 Å². The number of rotatable bonds is 2. The van der Waals surface area contributed by atoms with Crippen LogP contribution in [0, 0.1) is 0 Å². The number of aliphatic hydroxyl groups is 1. The van der Waals surface area contributed by atoms with Crippen molar-refractivity contribution in [2.45, 2.75) is 5.60 Å². The van der Waals surface area contributed by atoms with E-state index < -0.39 is 5.60 Å². The minimum atomic E-state index is -1.36. The van der Waals surface area contributed by atoms with E-state index in [1.54, 1.807) is 12.1 Å². The zero-order chi connectivity index (χ0) is 19.1. The van der Waals surface area contributed by atoms with Crippen LogP contribution in [-0.4, -0.2) is 5.11 Å². The maximum Gasteiger partial charge on any atom is 0.148 e. The third-order valence-electron chi connectivity index (χ3n) is 5.23. The number of ether oxygens (including phenoxy) is 1. The van der Waals surface area contributed by atoms with Crippen LogP contribution < -0.4 is 4.74 Å². The second kappa shape index (κ2) is 6.52. The molecule has 0 saturated carbocycles. The molecule has 0 aliphatic carbocycles. The number of para-hydroxylation sites is 1. The summed E-state index contributed by atoms with van der Waals surface area (Å²) in [6.07, 6.45) is 0. The fraction of sp³-hybridized carbons (Fsp3) is 0.0400. The molecule has 0 saturated heterocycles. The molecule has 1 aliphatic heterocycles. The predicted molar refractivity (Wildman–Crippen MR) is 112 cm³/mol. The van der Waals surface area contributed by atoms with Crippen molar-refractivity contribution in [3.8, 4) is 22.6 Å². The summed E-state index contributed by atoms with van der Waals surface area (Å²) in [5.74, 6) is 1.19. The maximum absolute atomic E-state index is 12.3. The van der Waals surface area contributed by atoms with Gasteiger partial charge in [0.15, 0.2) is 0 Å². The summed E-state index contributed by atoms with van der Waals surface area (Å²) < 4.78 is 6.08. The van der Waals surface area contributed by atoms with E-state index in [2.05, 4.69) is 12.1 Å². The van der Waals surface area contributed by atoms with Gasteiger partial charge in [-0.2, -0.15) is 0 Å². The van der Waals surface area contributed by atoms with Crippen LogP contribution in [0.1, 0.15) is 16.7 Å². The second-order valence-corrected chi connectivity index (χ2v) is 7.30. The Morgan fingerprint density at radius 1 is 0.643 bits per heavy atom. The van der Waals surface area contributed by atoms with Crippen LogP contribution in [0.4, 0.5) is 0 Å². The standard InChI is InChI=1S/C25H17ClO2/c26-18-14-15-22-24(16-18)28-23-13-7-6-12-21(23)25(22,27)20-11-5-4-10-19(20)17-8-2-1-3-9-17/h1-16,27H. The van der Waals surface area contributed by atoms with Crippen molar-refractivity contribution >= 4 is 11.6 Å². The van der Waals surface area contributed by atoms with E-state index in [4.69, 9.17) is 16.3 Å². The Hall–Kier alpha value is -3.07. The van der Waals surface area contributed by atoms with Crippen molar-refractivity contribution < 1.29 is 9.84 Å². The molecule has 4 aromatic carbocycles. The molecule has 0 amide bonds. The van der Waals surface area contributed by atoms with Crippen molar-refractivity contribution in [1.82, 2.24) is 0 Å². The molecule has 1 aliphatic rings. The maximum atomic E-state index is 12.3. The zero-order valence-corrected chi connectivity index (χ0v) is 15.7. The number of halogens is 1. The van der Waals surface area contributed by atoms with Crippen LogP contribution in [-0.2, 0) is 5.60 Å². The smallest absolute Gasteiger partial charge is 0.148 e. The van der Waals surface area contributed by atoms with E-state index in [-0.39, 0.29) is 0 Å². The Balaban J connectivity index is 1.84. The molecule has 1 heterocycles. The molecule has 4 aromatic rings. The average Bonchev–Trinajstić information content (AvgIpc) is 2.74. The normalized spacial score (nSPS) is 17.4. The van der Waals surface area contributed by atoms with Crippen LogP contribution in [0.2, 0.25) is 5.02 Å². The van der Waals surface area contributed by atoms with E-state index in [0.29, 0.717) is 27.6 Å². The Labute approximate surface area is 168 Å². The Bertz CT molecular complexity index is 1170. The molecular weight excluding hydrogens is 368 g/mol. The van der Waals surface area contributed by atoms with Gasteiger partial charge in [0.05, 0.1) is 0 Å². The lowest BCUT2D eigenvalue weighted by Gasteiger charge is -2.37. The van der Waals surface area contributed by atoms with Gasteiger partial charge in [-0.25, -0.2) is 0 Å². The van der Waals surface area contributed by atoms with E-state index in [9.17, 15) is 5.11 Å². The first-order chi connectivity index (χ1) is 13.7. The summed E-state index contributed by atoms with van der Waals surface area (Å²) in [5.41, 5.74) is 2.86. The molecule has 1 unspecified atom stereocenters. The lowest BCUT2D eigenvalue weighted by Crippen LogP contribution is -2.33. The van der Waals surface area contributed by atoms with E-state index in [1.165, 1.54) is 0 Å². The molecule has 1 atom stereocenters. The first kappa shape index (κ1) is 17.1. The minimum absolute atomic E-state index is 0.566. The van der Waals surface area contributed by atoms with Crippen LogP contribution >= 0.6 is 11.6 Å². The van der Waals surface area contributed by atoms with Gasteiger partial charge in [0, 0.05) is 21.7 Å². The number of hydrogen-bond acceptors (Lipinski definition) is 2. The topological polar surface area (TPSA) is 29.5 Å². The summed E-state index contributed by atoms with van der Waals surface area (Å²) in [4.78, 5) is 0. The molecule has 1 N–H and O–H groups in total. The highest BCUT2D eigenvalue weighted by molar-refractivity contribution is 6.30. The van der Waals surface area contributed by atoms with Gasteiger partial charge in [0.25, 0.3) is 0 Å². The van der Waals surface area contributed by atoms with Gasteiger partial charge in [-0.1, -0.05) is 90.5 Å². The number of benzene rings is 4. The predicted octanol–water partition coefficient (Wildman–Crippen LogP) is 6.40. The van der Waals surface area contributed by atoms with Gasteiger partial charge in [-0.3, -0.25) is 0 Å². The monoisotopic (exact) mass is 384 g/mol. The molecule has 0 aromatic heterocycles. The second-order valence-electron chi connectivity index (χ2n) is 6.86. The van der Waals surface area contributed by atoms with Gasteiger partial charge in [-0.05, 0) is 29.3 Å². The largest absolute Gasteiger partial charge is 0.456 e. The first-order valence-corrected chi connectivity index (χ1v) is 9.50. The first-order valence-electron chi connectivity index (χ1n) is 9.12. The SMILES string of the molecule is OC1(c2ccccc2-c2ccccc2)c2ccccc2Oc2cc(Cl)ccc21.